The van der Waals surface area contributed by atoms with Crippen LogP contribution in [0.1, 0.15) is 25.8 Å². The highest BCUT2D eigenvalue weighted by Crippen LogP contribution is 2.17. The predicted octanol–water partition coefficient (Wildman–Crippen LogP) is 2.98. The SMILES string of the molecule is CCC(C)C(OCc1cccc(F)c1F)C(=O)O. The molecule has 0 fully saturated rings. The summed E-state index contributed by atoms with van der Waals surface area (Å²) >= 11 is 0. The van der Waals surface area contributed by atoms with Crippen LogP contribution in [0.25, 0.3) is 0 Å². The zero-order valence-electron chi connectivity index (χ0n) is 10.3. The number of benzene rings is 1. The van der Waals surface area contributed by atoms with Crippen molar-refractivity contribution < 1.29 is 23.4 Å². The van der Waals surface area contributed by atoms with Gasteiger partial charge in [-0.2, -0.15) is 0 Å². The van der Waals surface area contributed by atoms with Gasteiger partial charge >= 0.3 is 5.97 Å². The lowest BCUT2D eigenvalue weighted by molar-refractivity contribution is -0.155. The number of aliphatic carboxylic acids is 1. The van der Waals surface area contributed by atoms with Gasteiger partial charge in [-0.25, -0.2) is 13.6 Å². The Bertz CT molecular complexity index is 421. The lowest BCUT2D eigenvalue weighted by atomic mass is 10.0. The van der Waals surface area contributed by atoms with E-state index in [1.165, 1.54) is 12.1 Å². The second-order valence-electron chi connectivity index (χ2n) is 4.17. The average molecular weight is 258 g/mol. The zero-order chi connectivity index (χ0) is 13.7. The zero-order valence-corrected chi connectivity index (χ0v) is 10.3. The summed E-state index contributed by atoms with van der Waals surface area (Å²) < 4.78 is 31.4. The van der Waals surface area contributed by atoms with Gasteiger partial charge in [0.15, 0.2) is 17.7 Å². The van der Waals surface area contributed by atoms with Crippen molar-refractivity contribution in [2.45, 2.75) is 33.0 Å². The fourth-order valence-corrected chi connectivity index (χ4v) is 1.53. The Morgan fingerprint density at radius 2 is 2.11 bits per heavy atom. The van der Waals surface area contributed by atoms with Crippen LogP contribution in [0.2, 0.25) is 0 Å². The first-order valence-electron chi connectivity index (χ1n) is 5.74. The molecule has 1 N–H and O–H groups in total. The number of hydrogen-bond acceptors (Lipinski definition) is 2. The molecule has 18 heavy (non-hydrogen) atoms. The third-order valence-corrected chi connectivity index (χ3v) is 2.85. The maximum atomic E-state index is 13.3. The highest BCUT2D eigenvalue weighted by molar-refractivity contribution is 5.72. The Balaban J connectivity index is 2.73. The maximum absolute atomic E-state index is 13.3. The number of carbonyl (C=O) groups is 1. The van der Waals surface area contributed by atoms with Crippen LogP contribution in [0.4, 0.5) is 8.78 Å². The number of rotatable bonds is 6. The lowest BCUT2D eigenvalue weighted by Gasteiger charge is -2.19. The van der Waals surface area contributed by atoms with Crippen LogP contribution >= 0.6 is 0 Å². The molecule has 0 amide bonds. The molecule has 2 unspecified atom stereocenters. The van der Waals surface area contributed by atoms with Gasteiger partial charge in [-0.15, -0.1) is 0 Å². The number of carboxylic acids is 1. The Morgan fingerprint density at radius 1 is 1.44 bits per heavy atom. The fraction of sp³-hybridized carbons (Fsp3) is 0.462. The van der Waals surface area contributed by atoms with Crippen molar-refractivity contribution in [1.29, 1.82) is 0 Å². The number of ether oxygens (including phenoxy) is 1. The molecule has 1 aromatic carbocycles. The van der Waals surface area contributed by atoms with E-state index < -0.39 is 23.7 Å². The maximum Gasteiger partial charge on any atom is 0.333 e. The van der Waals surface area contributed by atoms with E-state index in [0.29, 0.717) is 6.42 Å². The van der Waals surface area contributed by atoms with E-state index in [0.717, 1.165) is 6.07 Å². The number of carboxylic acid groups (broad SMARTS) is 1. The molecular weight excluding hydrogens is 242 g/mol. The first kappa shape index (κ1) is 14.6. The molecule has 0 aliphatic heterocycles. The van der Waals surface area contributed by atoms with Crippen LogP contribution < -0.4 is 0 Å². The van der Waals surface area contributed by atoms with E-state index in [1.807, 2.05) is 6.92 Å². The van der Waals surface area contributed by atoms with Gasteiger partial charge in [0.2, 0.25) is 0 Å². The molecule has 0 aliphatic carbocycles. The Labute approximate surface area is 104 Å². The second kappa shape index (κ2) is 6.44. The largest absolute Gasteiger partial charge is 0.479 e. The monoisotopic (exact) mass is 258 g/mol. The first-order chi connectivity index (χ1) is 8.47. The summed E-state index contributed by atoms with van der Waals surface area (Å²) in [5, 5.41) is 8.98. The Hall–Kier alpha value is -1.49. The van der Waals surface area contributed by atoms with E-state index in [9.17, 15) is 13.6 Å². The molecule has 0 aliphatic rings. The van der Waals surface area contributed by atoms with Gasteiger partial charge in [-0.1, -0.05) is 32.4 Å². The highest BCUT2D eigenvalue weighted by Gasteiger charge is 2.24. The van der Waals surface area contributed by atoms with Crippen molar-refractivity contribution in [2.75, 3.05) is 0 Å². The van der Waals surface area contributed by atoms with Crippen molar-refractivity contribution >= 4 is 5.97 Å². The van der Waals surface area contributed by atoms with Gasteiger partial charge in [0.05, 0.1) is 6.61 Å². The summed E-state index contributed by atoms with van der Waals surface area (Å²) in [7, 11) is 0. The summed E-state index contributed by atoms with van der Waals surface area (Å²) in [6.45, 7) is 3.32. The summed E-state index contributed by atoms with van der Waals surface area (Å²) in [5.74, 6) is -3.25. The van der Waals surface area contributed by atoms with Crippen molar-refractivity contribution in [1.82, 2.24) is 0 Å². The van der Waals surface area contributed by atoms with Gasteiger partial charge < -0.3 is 9.84 Å². The number of halogens is 2. The Morgan fingerprint density at radius 3 is 2.67 bits per heavy atom. The summed E-state index contributed by atoms with van der Waals surface area (Å²) in [5.41, 5.74) is 0.0181. The normalized spacial score (nSPS) is 14.2. The summed E-state index contributed by atoms with van der Waals surface area (Å²) in [6.07, 6.45) is -0.388. The fourth-order valence-electron chi connectivity index (χ4n) is 1.53. The van der Waals surface area contributed by atoms with Gasteiger partial charge in [0, 0.05) is 5.56 Å². The van der Waals surface area contributed by atoms with Crippen LogP contribution in [0.15, 0.2) is 18.2 Å². The number of hydrogen-bond donors (Lipinski definition) is 1. The van der Waals surface area contributed by atoms with Gasteiger partial charge in [0.1, 0.15) is 0 Å². The molecule has 0 saturated heterocycles. The van der Waals surface area contributed by atoms with E-state index in [-0.39, 0.29) is 18.1 Å². The highest BCUT2D eigenvalue weighted by atomic mass is 19.2. The topological polar surface area (TPSA) is 46.5 Å². The van der Waals surface area contributed by atoms with Crippen LogP contribution in [0.3, 0.4) is 0 Å². The van der Waals surface area contributed by atoms with Crippen molar-refractivity contribution in [2.24, 2.45) is 5.92 Å². The third-order valence-electron chi connectivity index (χ3n) is 2.85. The summed E-state index contributed by atoms with van der Waals surface area (Å²) in [4.78, 5) is 11.0. The molecular formula is C13H16F2O3. The first-order valence-corrected chi connectivity index (χ1v) is 5.74. The van der Waals surface area contributed by atoms with E-state index in [2.05, 4.69) is 0 Å². The molecule has 0 spiro atoms. The van der Waals surface area contributed by atoms with Crippen LogP contribution in [-0.2, 0) is 16.1 Å². The molecule has 100 valence electrons. The molecule has 0 saturated carbocycles. The third kappa shape index (κ3) is 3.50. The smallest absolute Gasteiger partial charge is 0.333 e. The minimum atomic E-state index is -1.10. The second-order valence-corrected chi connectivity index (χ2v) is 4.17. The van der Waals surface area contributed by atoms with Crippen molar-refractivity contribution in [3.05, 3.63) is 35.4 Å². The van der Waals surface area contributed by atoms with Gasteiger partial charge in [-0.05, 0) is 12.0 Å². The van der Waals surface area contributed by atoms with E-state index in [4.69, 9.17) is 9.84 Å². The van der Waals surface area contributed by atoms with Crippen LogP contribution in [0, 0.1) is 17.6 Å². The minimum absolute atomic E-state index is 0.0181. The molecule has 0 aromatic heterocycles. The quantitative estimate of drug-likeness (QED) is 0.853. The Kier molecular flexibility index (Phi) is 5.22. The molecule has 0 radical (unpaired) electrons. The van der Waals surface area contributed by atoms with Gasteiger partial charge in [-0.3, -0.25) is 0 Å². The molecule has 0 bridgehead atoms. The van der Waals surface area contributed by atoms with Crippen LogP contribution in [-0.4, -0.2) is 17.2 Å². The van der Waals surface area contributed by atoms with E-state index in [1.54, 1.807) is 6.92 Å². The average Bonchev–Trinajstić information content (AvgIpc) is 2.33. The summed E-state index contributed by atoms with van der Waals surface area (Å²) in [6, 6.07) is 3.73. The van der Waals surface area contributed by atoms with Crippen molar-refractivity contribution in [3.63, 3.8) is 0 Å². The molecule has 2 atom stereocenters. The predicted molar refractivity (Wildman–Crippen MR) is 62.0 cm³/mol. The standard InChI is InChI=1S/C13H16F2O3/c1-3-8(2)12(13(16)17)18-7-9-5-4-6-10(14)11(9)15/h4-6,8,12H,3,7H2,1-2H3,(H,16,17). The molecule has 0 heterocycles. The lowest BCUT2D eigenvalue weighted by Crippen LogP contribution is -2.30. The molecule has 1 rings (SSSR count). The van der Waals surface area contributed by atoms with Gasteiger partial charge in [0.25, 0.3) is 0 Å². The molecule has 5 heteroatoms. The van der Waals surface area contributed by atoms with Crippen molar-refractivity contribution in [3.8, 4) is 0 Å². The van der Waals surface area contributed by atoms with E-state index >= 15 is 0 Å². The van der Waals surface area contributed by atoms with Crippen LogP contribution in [0.5, 0.6) is 0 Å². The molecule has 1 aromatic rings. The minimum Gasteiger partial charge on any atom is -0.479 e. The molecule has 3 nitrogen and oxygen atoms in total.